The zero-order valence-corrected chi connectivity index (χ0v) is 14.5. The van der Waals surface area contributed by atoms with Gasteiger partial charge in [-0.1, -0.05) is 18.2 Å². The van der Waals surface area contributed by atoms with Gasteiger partial charge < -0.3 is 10.1 Å². The molecule has 3 amide bonds. The van der Waals surface area contributed by atoms with Crippen LogP contribution in [-0.4, -0.2) is 36.3 Å². The average molecular weight is 364 g/mol. The fourth-order valence-electron chi connectivity index (χ4n) is 3.54. The Morgan fingerprint density at radius 2 is 1.74 bits per heavy atom. The molecule has 0 bridgehead atoms. The highest BCUT2D eigenvalue weighted by atomic mass is 16.5. The first-order chi connectivity index (χ1) is 13.0. The number of nitrogens with zero attached hydrogens (tertiary/aromatic N) is 1. The topological polar surface area (TPSA) is 92.8 Å². The molecule has 0 radical (unpaired) electrons. The van der Waals surface area contributed by atoms with Crippen molar-refractivity contribution in [3.8, 4) is 0 Å². The van der Waals surface area contributed by atoms with Crippen molar-refractivity contribution in [1.29, 1.82) is 0 Å². The summed E-state index contributed by atoms with van der Waals surface area (Å²) in [6, 6.07) is 11.9. The highest BCUT2D eigenvalue weighted by molar-refractivity contribution is 6.27. The number of ether oxygens (including phenoxy) is 1. The molecule has 7 nitrogen and oxygen atoms in total. The molecule has 1 saturated heterocycles. The number of carbonyl (C=O) groups is 4. The van der Waals surface area contributed by atoms with Gasteiger partial charge in [0.15, 0.2) is 0 Å². The van der Waals surface area contributed by atoms with Crippen molar-refractivity contribution < 1.29 is 23.9 Å². The van der Waals surface area contributed by atoms with Crippen LogP contribution in [0.25, 0.3) is 0 Å². The van der Waals surface area contributed by atoms with E-state index in [1.807, 2.05) is 0 Å². The van der Waals surface area contributed by atoms with Crippen molar-refractivity contribution in [3.63, 3.8) is 0 Å². The van der Waals surface area contributed by atoms with Gasteiger partial charge in [0.25, 0.3) is 11.8 Å². The molecule has 2 heterocycles. The van der Waals surface area contributed by atoms with E-state index in [1.54, 1.807) is 31.2 Å². The summed E-state index contributed by atoms with van der Waals surface area (Å²) in [5, 5.41) is 2.64. The molecule has 7 heteroatoms. The molecule has 2 aromatic rings. The number of nitrogens with one attached hydrogen (secondary N) is 1. The smallest absolute Gasteiger partial charge is 0.338 e. The molecule has 27 heavy (non-hydrogen) atoms. The molecule has 0 unspecified atom stereocenters. The van der Waals surface area contributed by atoms with E-state index in [2.05, 4.69) is 5.32 Å². The minimum atomic E-state index is -0.926. The fraction of sp³-hybridized carbons (Fsp3) is 0.200. The fourth-order valence-corrected chi connectivity index (χ4v) is 3.54. The second-order valence-corrected chi connectivity index (χ2v) is 6.30. The molecule has 0 saturated carbocycles. The molecular formula is C20H16N2O5. The predicted molar refractivity (Wildman–Crippen MR) is 95.3 cm³/mol. The first kappa shape index (κ1) is 17.0. The average Bonchev–Trinajstić information content (AvgIpc) is 2.93. The van der Waals surface area contributed by atoms with E-state index in [9.17, 15) is 19.2 Å². The Balaban J connectivity index is 1.69. The molecule has 0 aromatic heterocycles. The Kier molecular flexibility index (Phi) is 3.99. The van der Waals surface area contributed by atoms with Crippen molar-refractivity contribution in [3.05, 3.63) is 65.2 Å². The number of fused-ring (bicyclic) bond motifs is 3. The highest BCUT2D eigenvalue weighted by Crippen LogP contribution is 2.37. The lowest BCUT2D eigenvalue weighted by atomic mass is 9.86. The SMILES string of the molecule is CCOC(=O)c1ccc(N2C(=O)[C@H]3NC(=O)c4ccccc4[C@H]3C2=O)cc1. The van der Waals surface area contributed by atoms with Gasteiger partial charge in [0.1, 0.15) is 6.04 Å². The number of rotatable bonds is 3. The number of carbonyl (C=O) groups excluding carboxylic acids is 4. The minimum absolute atomic E-state index is 0.256. The summed E-state index contributed by atoms with van der Waals surface area (Å²) in [7, 11) is 0. The van der Waals surface area contributed by atoms with Gasteiger partial charge in [-0.15, -0.1) is 0 Å². The quantitative estimate of drug-likeness (QED) is 0.660. The zero-order valence-electron chi connectivity index (χ0n) is 14.5. The number of hydrogen-bond donors (Lipinski definition) is 1. The van der Waals surface area contributed by atoms with Crippen molar-refractivity contribution in [2.75, 3.05) is 11.5 Å². The van der Waals surface area contributed by atoms with E-state index < -0.39 is 29.7 Å². The second kappa shape index (κ2) is 6.35. The number of imide groups is 1. The third-order valence-electron chi connectivity index (χ3n) is 4.77. The molecule has 2 aliphatic rings. The normalized spacial score (nSPS) is 20.8. The summed E-state index contributed by atoms with van der Waals surface area (Å²) in [5.41, 5.74) is 1.63. The van der Waals surface area contributed by atoms with Gasteiger partial charge in [0, 0.05) is 5.56 Å². The molecule has 4 rings (SSSR count). The van der Waals surface area contributed by atoms with Crippen LogP contribution in [0.2, 0.25) is 0 Å². The van der Waals surface area contributed by atoms with Gasteiger partial charge in [0.2, 0.25) is 5.91 Å². The highest BCUT2D eigenvalue weighted by Gasteiger charge is 2.52. The van der Waals surface area contributed by atoms with Crippen LogP contribution in [0.3, 0.4) is 0 Å². The Bertz CT molecular complexity index is 967. The Morgan fingerprint density at radius 1 is 1.04 bits per heavy atom. The summed E-state index contributed by atoms with van der Waals surface area (Å²) in [6.45, 7) is 1.97. The second-order valence-electron chi connectivity index (χ2n) is 6.30. The lowest BCUT2D eigenvalue weighted by Crippen LogP contribution is -2.47. The largest absolute Gasteiger partial charge is 0.462 e. The van der Waals surface area contributed by atoms with Crippen LogP contribution in [0.15, 0.2) is 48.5 Å². The van der Waals surface area contributed by atoms with Crippen LogP contribution < -0.4 is 10.2 Å². The zero-order chi connectivity index (χ0) is 19.1. The van der Waals surface area contributed by atoms with Crippen LogP contribution in [-0.2, 0) is 14.3 Å². The molecule has 136 valence electrons. The number of anilines is 1. The molecule has 2 aromatic carbocycles. The Labute approximate surface area is 154 Å². The molecule has 1 N–H and O–H groups in total. The summed E-state index contributed by atoms with van der Waals surface area (Å²) in [5.74, 6) is -2.49. The van der Waals surface area contributed by atoms with Gasteiger partial charge in [-0.2, -0.15) is 0 Å². The third-order valence-corrected chi connectivity index (χ3v) is 4.77. The first-order valence-electron chi connectivity index (χ1n) is 8.57. The number of hydrogen-bond acceptors (Lipinski definition) is 5. The monoisotopic (exact) mass is 364 g/mol. The molecule has 0 spiro atoms. The molecular weight excluding hydrogens is 348 g/mol. The van der Waals surface area contributed by atoms with Crippen molar-refractivity contribution in [1.82, 2.24) is 5.32 Å². The van der Waals surface area contributed by atoms with Crippen LogP contribution in [0.5, 0.6) is 0 Å². The maximum absolute atomic E-state index is 13.0. The van der Waals surface area contributed by atoms with Crippen molar-refractivity contribution in [2.24, 2.45) is 0 Å². The van der Waals surface area contributed by atoms with Crippen LogP contribution in [0.4, 0.5) is 5.69 Å². The standard InChI is InChI=1S/C20H16N2O5/c1-2-27-20(26)11-7-9-12(10-8-11)22-18(24)15-13-5-3-4-6-14(13)17(23)21-16(15)19(22)25/h3-10,15-16H,2H2,1H3,(H,21,23)/t15-,16+/m1/s1. The van der Waals surface area contributed by atoms with Crippen molar-refractivity contribution >= 4 is 29.4 Å². The van der Waals surface area contributed by atoms with E-state index in [1.165, 1.54) is 24.3 Å². The predicted octanol–water partition coefficient (Wildman–Crippen LogP) is 1.63. The molecule has 2 atom stereocenters. The van der Waals surface area contributed by atoms with Gasteiger partial charge in [-0.3, -0.25) is 14.4 Å². The van der Waals surface area contributed by atoms with Gasteiger partial charge >= 0.3 is 5.97 Å². The number of amides is 3. The molecule has 0 aliphatic carbocycles. The molecule has 1 fully saturated rings. The van der Waals surface area contributed by atoms with Gasteiger partial charge in [-0.25, -0.2) is 9.69 Å². The molecule has 2 aliphatic heterocycles. The van der Waals surface area contributed by atoms with E-state index in [4.69, 9.17) is 4.74 Å². The van der Waals surface area contributed by atoms with E-state index in [-0.39, 0.29) is 12.5 Å². The third kappa shape index (κ3) is 2.59. The number of esters is 1. The van der Waals surface area contributed by atoms with Crippen molar-refractivity contribution in [2.45, 2.75) is 18.9 Å². The minimum Gasteiger partial charge on any atom is -0.462 e. The van der Waals surface area contributed by atoms with Crippen LogP contribution >= 0.6 is 0 Å². The van der Waals surface area contributed by atoms with Crippen LogP contribution in [0.1, 0.15) is 39.1 Å². The first-order valence-corrected chi connectivity index (χ1v) is 8.57. The van der Waals surface area contributed by atoms with E-state index in [0.717, 1.165) is 4.90 Å². The lowest BCUT2D eigenvalue weighted by Gasteiger charge is -2.24. The maximum Gasteiger partial charge on any atom is 0.338 e. The maximum atomic E-state index is 13.0. The van der Waals surface area contributed by atoms with E-state index in [0.29, 0.717) is 22.4 Å². The van der Waals surface area contributed by atoms with E-state index >= 15 is 0 Å². The number of benzene rings is 2. The Hall–Kier alpha value is -3.48. The summed E-state index contributed by atoms with van der Waals surface area (Å²) in [6.07, 6.45) is 0. The summed E-state index contributed by atoms with van der Waals surface area (Å²) < 4.78 is 4.93. The summed E-state index contributed by atoms with van der Waals surface area (Å²) in [4.78, 5) is 50.9. The van der Waals surface area contributed by atoms with Gasteiger partial charge in [0.05, 0.1) is 23.8 Å². The van der Waals surface area contributed by atoms with Crippen LogP contribution in [0, 0.1) is 0 Å². The lowest BCUT2D eigenvalue weighted by molar-refractivity contribution is -0.121. The summed E-state index contributed by atoms with van der Waals surface area (Å²) >= 11 is 0. The van der Waals surface area contributed by atoms with Gasteiger partial charge in [-0.05, 0) is 42.8 Å². The Morgan fingerprint density at radius 3 is 2.44 bits per heavy atom.